The number of hydrogen-bond donors (Lipinski definition) is 1. The predicted octanol–water partition coefficient (Wildman–Crippen LogP) is 3.94. The summed E-state index contributed by atoms with van der Waals surface area (Å²) < 4.78 is 10.9. The molecule has 0 bridgehead atoms. The zero-order valence-electron chi connectivity index (χ0n) is 15.4. The van der Waals surface area contributed by atoms with E-state index < -0.39 is 0 Å². The summed E-state index contributed by atoms with van der Waals surface area (Å²) in [6.07, 6.45) is 2.59. The van der Waals surface area contributed by atoms with Gasteiger partial charge in [0.25, 0.3) is 5.91 Å². The van der Waals surface area contributed by atoms with Crippen LogP contribution in [0, 0.1) is 0 Å². The smallest absolute Gasteiger partial charge is 0.277 e. The molecule has 3 rings (SSSR count). The number of ether oxygens (including phenoxy) is 2. The highest BCUT2D eigenvalue weighted by Crippen LogP contribution is 2.27. The van der Waals surface area contributed by atoms with Crippen molar-refractivity contribution in [2.24, 2.45) is 5.10 Å². The summed E-state index contributed by atoms with van der Waals surface area (Å²) in [7, 11) is 1.64. The van der Waals surface area contributed by atoms with Gasteiger partial charge in [0.15, 0.2) is 6.61 Å². The second-order valence-corrected chi connectivity index (χ2v) is 5.98. The lowest BCUT2D eigenvalue weighted by Gasteiger charge is -2.08. The van der Waals surface area contributed by atoms with Crippen molar-refractivity contribution in [3.05, 3.63) is 71.8 Å². The van der Waals surface area contributed by atoms with Crippen LogP contribution in [0.1, 0.15) is 18.1 Å². The fourth-order valence-electron chi connectivity index (χ4n) is 2.76. The van der Waals surface area contributed by atoms with Crippen molar-refractivity contribution in [2.75, 3.05) is 13.7 Å². The van der Waals surface area contributed by atoms with Gasteiger partial charge >= 0.3 is 0 Å². The van der Waals surface area contributed by atoms with E-state index in [-0.39, 0.29) is 12.5 Å². The predicted molar refractivity (Wildman–Crippen MR) is 108 cm³/mol. The van der Waals surface area contributed by atoms with Gasteiger partial charge < -0.3 is 9.47 Å². The number of aryl methyl sites for hydroxylation is 1. The molecule has 5 heteroatoms. The number of nitrogens with one attached hydrogen (secondary N) is 1. The number of rotatable bonds is 7. The minimum absolute atomic E-state index is 0.0911. The molecular formula is C22H22N2O3. The van der Waals surface area contributed by atoms with Crippen LogP contribution in [0.15, 0.2) is 65.8 Å². The van der Waals surface area contributed by atoms with Crippen molar-refractivity contribution < 1.29 is 14.3 Å². The molecule has 0 fully saturated rings. The van der Waals surface area contributed by atoms with Gasteiger partial charge in [-0.1, -0.05) is 43.3 Å². The SMILES string of the molecule is CCc1ccc(OCC(=O)N/N=C/c2ccc(OC)c3ccccc23)cc1. The average Bonchev–Trinajstić information content (AvgIpc) is 2.72. The third kappa shape index (κ3) is 4.64. The molecule has 0 atom stereocenters. The molecule has 3 aromatic rings. The Hall–Kier alpha value is -3.34. The van der Waals surface area contributed by atoms with Crippen LogP contribution in [0.25, 0.3) is 10.8 Å². The Kier molecular flexibility index (Phi) is 6.05. The first-order valence-corrected chi connectivity index (χ1v) is 8.80. The van der Waals surface area contributed by atoms with E-state index in [1.165, 1.54) is 5.56 Å². The van der Waals surface area contributed by atoms with Gasteiger partial charge in [-0.2, -0.15) is 5.10 Å². The molecular weight excluding hydrogens is 340 g/mol. The van der Waals surface area contributed by atoms with Gasteiger partial charge in [-0.3, -0.25) is 4.79 Å². The Morgan fingerprint density at radius 1 is 1.04 bits per heavy atom. The maximum atomic E-state index is 11.9. The molecule has 0 unspecified atom stereocenters. The lowest BCUT2D eigenvalue weighted by atomic mass is 10.0. The molecule has 0 aromatic heterocycles. The number of carbonyl (C=O) groups is 1. The second-order valence-electron chi connectivity index (χ2n) is 5.98. The minimum Gasteiger partial charge on any atom is -0.496 e. The molecule has 3 aromatic carbocycles. The molecule has 1 N–H and O–H groups in total. The van der Waals surface area contributed by atoms with Crippen LogP contribution in [0.2, 0.25) is 0 Å². The number of methoxy groups -OCH3 is 1. The van der Waals surface area contributed by atoms with Crippen LogP contribution in [0.4, 0.5) is 0 Å². The number of amides is 1. The third-order valence-corrected chi connectivity index (χ3v) is 4.23. The van der Waals surface area contributed by atoms with Crippen LogP contribution in [-0.4, -0.2) is 25.8 Å². The largest absolute Gasteiger partial charge is 0.496 e. The molecule has 138 valence electrons. The summed E-state index contributed by atoms with van der Waals surface area (Å²) in [4.78, 5) is 11.9. The summed E-state index contributed by atoms with van der Waals surface area (Å²) >= 11 is 0. The number of hydrogen-bond acceptors (Lipinski definition) is 4. The Morgan fingerprint density at radius 2 is 1.78 bits per heavy atom. The molecule has 0 heterocycles. The highest BCUT2D eigenvalue weighted by molar-refractivity contribution is 6.02. The Labute approximate surface area is 158 Å². The summed E-state index contributed by atoms with van der Waals surface area (Å²) in [5.74, 6) is 1.14. The minimum atomic E-state index is -0.316. The quantitative estimate of drug-likeness (QED) is 0.512. The van der Waals surface area contributed by atoms with Gasteiger partial charge in [-0.15, -0.1) is 0 Å². The van der Waals surface area contributed by atoms with Gasteiger partial charge in [-0.05, 0) is 41.6 Å². The normalized spacial score (nSPS) is 10.9. The van der Waals surface area contributed by atoms with E-state index in [2.05, 4.69) is 17.5 Å². The van der Waals surface area contributed by atoms with Crippen LogP contribution < -0.4 is 14.9 Å². The second kappa shape index (κ2) is 8.85. The number of carbonyl (C=O) groups excluding carboxylic acids is 1. The Balaban J connectivity index is 1.60. The van der Waals surface area contributed by atoms with Gasteiger partial charge in [0.1, 0.15) is 11.5 Å². The summed E-state index contributed by atoms with van der Waals surface area (Å²) in [5, 5.41) is 6.04. The fourth-order valence-corrected chi connectivity index (χ4v) is 2.76. The zero-order valence-corrected chi connectivity index (χ0v) is 15.4. The van der Waals surface area contributed by atoms with E-state index in [4.69, 9.17) is 9.47 Å². The van der Waals surface area contributed by atoms with E-state index >= 15 is 0 Å². The molecule has 0 aliphatic carbocycles. The number of nitrogens with zero attached hydrogens (tertiary/aromatic N) is 1. The molecule has 27 heavy (non-hydrogen) atoms. The van der Waals surface area contributed by atoms with E-state index in [0.29, 0.717) is 5.75 Å². The van der Waals surface area contributed by atoms with E-state index in [1.54, 1.807) is 13.3 Å². The van der Waals surface area contributed by atoms with E-state index in [0.717, 1.165) is 28.5 Å². The van der Waals surface area contributed by atoms with Crippen molar-refractivity contribution >= 4 is 22.9 Å². The first-order valence-electron chi connectivity index (χ1n) is 8.80. The van der Waals surface area contributed by atoms with Gasteiger partial charge in [0, 0.05) is 10.9 Å². The maximum absolute atomic E-state index is 11.9. The van der Waals surface area contributed by atoms with Gasteiger partial charge in [0.2, 0.25) is 0 Å². The van der Waals surface area contributed by atoms with Crippen LogP contribution in [-0.2, 0) is 11.2 Å². The monoisotopic (exact) mass is 362 g/mol. The van der Waals surface area contributed by atoms with Crippen LogP contribution >= 0.6 is 0 Å². The van der Waals surface area contributed by atoms with Crippen molar-refractivity contribution in [3.8, 4) is 11.5 Å². The average molecular weight is 362 g/mol. The Bertz CT molecular complexity index is 949. The number of hydrazone groups is 1. The molecule has 0 aliphatic rings. The van der Waals surface area contributed by atoms with Gasteiger partial charge in [0.05, 0.1) is 13.3 Å². The molecule has 0 aliphatic heterocycles. The fraction of sp³-hybridized carbons (Fsp3) is 0.182. The number of fused-ring (bicyclic) bond motifs is 1. The van der Waals surface area contributed by atoms with E-state index in [9.17, 15) is 4.79 Å². The summed E-state index contributed by atoms with van der Waals surface area (Å²) in [5.41, 5.74) is 4.61. The highest BCUT2D eigenvalue weighted by Gasteiger charge is 2.05. The third-order valence-electron chi connectivity index (χ3n) is 4.23. The summed E-state index contributed by atoms with van der Waals surface area (Å²) in [6, 6.07) is 19.4. The standard InChI is InChI=1S/C22H22N2O3/c1-3-16-8-11-18(12-9-16)27-15-22(25)24-23-14-17-10-13-21(26-2)20-7-5-4-6-19(17)20/h4-14H,3,15H2,1-2H3,(H,24,25)/b23-14+. The van der Waals surface area contributed by atoms with Crippen molar-refractivity contribution in [2.45, 2.75) is 13.3 Å². The zero-order chi connectivity index (χ0) is 19.1. The van der Waals surface area contributed by atoms with Crippen molar-refractivity contribution in [1.82, 2.24) is 5.43 Å². The van der Waals surface area contributed by atoms with Gasteiger partial charge in [-0.25, -0.2) is 5.43 Å². The maximum Gasteiger partial charge on any atom is 0.277 e. The lowest BCUT2D eigenvalue weighted by Crippen LogP contribution is -2.24. The van der Waals surface area contributed by atoms with Crippen molar-refractivity contribution in [3.63, 3.8) is 0 Å². The first kappa shape index (κ1) is 18.5. The lowest BCUT2D eigenvalue weighted by molar-refractivity contribution is -0.123. The van der Waals surface area contributed by atoms with Crippen LogP contribution in [0.5, 0.6) is 11.5 Å². The summed E-state index contributed by atoms with van der Waals surface area (Å²) in [6.45, 7) is 2.00. The topological polar surface area (TPSA) is 59.9 Å². The molecule has 0 saturated heterocycles. The number of benzene rings is 3. The highest BCUT2D eigenvalue weighted by atomic mass is 16.5. The van der Waals surface area contributed by atoms with Crippen molar-refractivity contribution in [1.29, 1.82) is 0 Å². The van der Waals surface area contributed by atoms with E-state index in [1.807, 2.05) is 60.7 Å². The Morgan fingerprint density at radius 3 is 2.48 bits per heavy atom. The molecule has 1 amide bonds. The molecule has 0 radical (unpaired) electrons. The molecule has 0 spiro atoms. The molecule has 0 saturated carbocycles. The first-order chi connectivity index (χ1) is 13.2. The van der Waals surface area contributed by atoms with Crippen LogP contribution in [0.3, 0.4) is 0 Å². The molecule has 5 nitrogen and oxygen atoms in total.